The molecule has 5 nitrogen and oxygen atoms in total. The maximum absolute atomic E-state index is 12.8. The molecule has 0 atom stereocenters. The second kappa shape index (κ2) is 10.2. The SMILES string of the molecule is O=C(NCCCN1CCCCCC1=O)c1ccccc1C(=O)c1ccc(Cl)cc1. The van der Waals surface area contributed by atoms with Crippen molar-refractivity contribution >= 4 is 29.2 Å². The third-order valence-electron chi connectivity index (χ3n) is 5.08. The van der Waals surface area contributed by atoms with Gasteiger partial charge in [-0.05, 0) is 49.6 Å². The van der Waals surface area contributed by atoms with Gasteiger partial charge in [0.2, 0.25) is 5.91 Å². The highest BCUT2D eigenvalue weighted by Crippen LogP contribution is 2.17. The average Bonchev–Trinajstić information content (AvgIpc) is 2.95. The molecule has 0 aliphatic carbocycles. The molecule has 0 radical (unpaired) electrons. The van der Waals surface area contributed by atoms with Gasteiger partial charge in [0.05, 0.1) is 5.56 Å². The maximum Gasteiger partial charge on any atom is 0.252 e. The van der Waals surface area contributed by atoms with Crippen molar-refractivity contribution in [1.82, 2.24) is 10.2 Å². The lowest BCUT2D eigenvalue weighted by Crippen LogP contribution is -2.34. The van der Waals surface area contributed by atoms with Crippen LogP contribution in [0.4, 0.5) is 0 Å². The predicted octanol–water partition coefficient (Wildman–Crippen LogP) is 4.09. The first-order chi connectivity index (χ1) is 14.1. The second-order valence-electron chi connectivity index (χ2n) is 7.18. The molecule has 2 aromatic rings. The van der Waals surface area contributed by atoms with Crippen molar-refractivity contribution in [2.45, 2.75) is 32.1 Å². The average molecular weight is 413 g/mol. The highest BCUT2D eigenvalue weighted by Gasteiger charge is 2.19. The number of amides is 2. The van der Waals surface area contributed by atoms with Gasteiger partial charge in [0.25, 0.3) is 5.91 Å². The van der Waals surface area contributed by atoms with Gasteiger partial charge in [-0.25, -0.2) is 0 Å². The standard InChI is InChI=1S/C23H25ClN2O3/c24-18-12-10-17(11-13-18)22(28)19-7-3-4-8-20(19)23(29)25-14-6-16-26-15-5-1-2-9-21(26)27/h3-4,7-8,10-13H,1-2,5-6,9,14-16H2,(H,25,29). The van der Waals surface area contributed by atoms with Crippen molar-refractivity contribution in [1.29, 1.82) is 0 Å². The van der Waals surface area contributed by atoms with Gasteiger partial charge in [0.1, 0.15) is 0 Å². The van der Waals surface area contributed by atoms with Crippen LogP contribution in [0.2, 0.25) is 5.02 Å². The number of carbonyl (C=O) groups excluding carboxylic acids is 3. The summed E-state index contributed by atoms with van der Waals surface area (Å²) in [6.45, 7) is 1.89. The Hall–Kier alpha value is -2.66. The Morgan fingerprint density at radius 3 is 2.45 bits per heavy atom. The van der Waals surface area contributed by atoms with Crippen LogP contribution in [0, 0.1) is 0 Å². The zero-order valence-corrected chi connectivity index (χ0v) is 17.1. The Morgan fingerprint density at radius 2 is 1.69 bits per heavy atom. The van der Waals surface area contributed by atoms with Crippen LogP contribution in [-0.4, -0.2) is 42.1 Å². The molecule has 3 rings (SSSR count). The summed E-state index contributed by atoms with van der Waals surface area (Å²) in [4.78, 5) is 39.4. The number of carbonyl (C=O) groups is 3. The van der Waals surface area contributed by atoms with E-state index >= 15 is 0 Å². The zero-order valence-electron chi connectivity index (χ0n) is 16.3. The van der Waals surface area contributed by atoms with Crippen molar-refractivity contribution in [2.75, 3.05) is 19.6 Å². The van der Waals surface area contributed by atoms with E-state index in [-0.39, 0.29) is 17.6 Å². The first kappa shape index (κ1) is 21.1. The van der Waals surface area contributed by atoms with E-state index in [1.54, 1.807) is 48.5 Å². The fourth-order valence-electron chi connectivity index (χ4n) is 3.48. The monoisotopic (exact) mass is 412 g/mol. The Bertz CT molecular complexity index is 880. The first-order valence-corrected chi connectivity index (χ1v) is 10.4. The van der Waals surface area contributed by atoms with Crippen LogP contribution in [-0.2, 0) is 4.79 Å². The molecule has 1 fully saturated rings. The molecule has 152 valence electrons. The van der Waals surface area contributed by atoms with E-state index in [1.807, 2.05) is 4.90 Å². The minimum absolute atomic E-state index is 0.202. The summed E-state index contributed by atoms with van der Waals surface area (Å²) in [7, 11) is 0. The van der Waals surface area contributed by atoms with Gasteiger partial charge in [-0.15, -0.1) is 0 Å². The predicted molar refractivity (Wildman–Crippen MR) is 113 cm³/mol. The lowest BCUT2D eigenvalue weighted by molar-refractivity contribution is -0.130. The number of hydrogen-bond donors (Lipinski definition) is 1. The maximum atomic E-state index is 12.8. The summed E-state index contributed by atoms with van der Waals surface area (Å²) in [5.41, 5.74) is 1.18. The lowest BCUT2D eigenvalue weighted by Gasteiger charge is -2.20. The lowest BCUT2D eigenvalue weighted by atomic mass is 9.98. The number of benzene rings is 2. The molecule has 0 unspecified atom stereocenters. The van der Waals surface area contributed by atoms with E-state index in [0.29, 0.717) is 47.6 Å². The van der Waals surface area contributed by atoms with Gasteiger partial charge in [0, 0.05) is 42.2 Å². The topological polar surface area (TPSA) is 66.5 Å². The molecule has 1 heterocycles. The molecule has 6 heteroatoms. The van der Waals surface area contributed by atoms with Gasteiger partial charge >= 0.3 is 0 Å². The molecule has 2 aromatic carbocycles. The smallest absolute Gasteiger partial charge is 0.252 e. The van der Waals surface area contributed by atoms with E-state index in [1.165, 1.54) is 0 Å². The molecule has 29 heavy (non-hydrogen) atoms. The van der Waals surface area contributed by atoms with Gasteiger partial charge in [-0.2, -0.15) is 0 Å². The third kappa shape index (κ3) is 5.67. The highest BCUT2D eigenvalue weighted by molar-refractivity contribution is 6.30. The first-order valence-electron chi connectivity index (χ1n) is 10.0. The number of rotatable bonds is 7. The van der Waals surface area contributed by atoms with Crippen molar-refractivity contribution in [3.63, 3.8) is 0 Å². The Morgan fingerprint density at radius 1 is 0.966 bits per heavy atom. The van der Waals surface area contributed by atoms with Crippen molar-refractivity contribution < 1.29 is 14.4 Å². The summed E-state index contributed by atoms with van der Waals surface area (Å²) in [5.74, 6) is -0.305. The molecule has 1 aliphatic rings. The number of nitrogens with one attached hydrogen (secondary N) is 1. The van der Waals surface area contributed by atoms with Crippen molar-refractivity contribution in [3.05, 3.63) is 70.2 Å². The number of likely N-dealkylation sites (tertiary alicyclic amines) is 1. The Labute approximate surface area is 176 Å². The summed E-state index contributed by atoms with van der Waals surface area (Å²) in [6.07, 6.45) is 4.40. The van der Waals surface area contributed by atoms with Crippen LogP contribution in [0.25, 0.3) is 0 Å². The summed E-state index contributed by atoms with van der Waals surface area (Å²) in [5, 5.41) is 3.43. The Balaban J connectivity index is 1.59. The number of hydrogen-bond acceptors (Lipinski definition) is 3. The van der Waals surface area contributed by atoms with Crippen molar-refractivity contribution in [3.8, 4) is 0 Å². The minimum atomic E-state index is -0.287. The Kier molecular flexibility index (Phi) is 7.42. The van der Waals surface area contributed by atoms with E-state index in [2.05, 4.69) is 5.32 Å². The molecular weight excluding hydrogens is 388 g/mol. The van der Waals surface area contributed by atoms with Crippen LogP contribution < -0.4 is 5.32 Å². The van der Waals surface area contributed by atoms with Crippen LogP contribution in [0.5, 0.6) is 0 Å². The summed E-state index contributed by atoms with van der Waals surface area (Å²) in [6, 6.07) is 13.4. The molecule has 0 bridgehead atoms. The van der Waals surface area contributed by atoms with Crippen LogP contribution in [0.15, 0.2) is 48.5 Å². The molecule has 1 aliphatic heterocycles. The molecular formula is C23H25ClN2O3. The summed E-state index contributed by atoms with van der Waals surface area (Å²) >= 11 is 5.89. The highest BCUT2D eigenvalue weighted by atomic mass is 35.5. The number of halogens is 1. The molecule has 1 N–H and O–H groups in total. The van der Waals surface area contributed by atoms with E-state index < -0.39 is 0 Å². The largest absolute Gasteiger partial charge is 0.352 e. The third-order valence-corrected chi connectivity index (χ3v) is 5.34. The minimum Gasteiger partial charge on any atom is -0.352 e. The van der Waals surface area contributed by atoms with Gasteiger partial charge < -0.3 is 10.2 Å². The van der Waals surface area contributed by atoms with Gasteiger partial charge in [-0.3, -0.25) is 14.4 Å². The zero-order chi connectivity index (χ0) is 20.6. The number of nitrogens with zero attached hydrogens (tertiary/aromatic N) is 1. The number of ketones is 1. The fraction of sp³-hybridized carbons (Fsp3) is 0.348. The van der Waals surface area contributed by atoms with Gasteiger partial charge in [0.15, 0.2) is 5.78 Å². The van der Waals surface area contributed by atoms with E-state index in [4.69, 9.17) is 11.6 Å². The molecule has 0 saturated carbocycles. The van der Waals surface area contributed by atoms with Crippen molar-refractivity contribution in [2.24, 2.45) is 0 Å². The molecule has 0 spiro atoms. The molecule has 0 aromatic heterocycles. The van der Waals surface area contributed by atoms with Crippen LogP contribution in [0.1, 0.15) is 58.4 Å². The van der Waals surface area contributed by atoms with Crippen LogP contribution in [0.3, 0.4) is 0 Å². The quantitative estimate of drug-likeness (QED) is 0.550. The second-order valence-corrected chi connectivity index (χ2v) is 7.62. The molecule has 1 saturated heterocycles. The van der Waals surface area contributed by atoms with Gasteiger partial charge in [-0.1, -0.05) is 36.2 Å². The van der Waals surface area contributed by atoms with E-state index in [9.17, 15) is 14.4 Å². The summed E-state index contributed by atoms with van der Waals surface area (Å²) < 4.78 is 0. The normalized spacial score (nSPS) is 14.4. The van der Waals surface area contributed by atoms with E-state index in [0.717, 1.165) is 25.8 Å². The fourth-order valence-corrected chi connectivity index (χ4v) is 3.60. The van der Waals surface area contributed by atoms with Crippen LogP contribution >= 0.6 is 11.6 Å². The molecule has 2 amide bonds.